The average molecular weight is 324 g/mol. The predicted molar refractivity (Wildman–Crippen MR) is 88.3 cm³/mol. The van der Waals surface area contributed by atoms with Crippen molar-refractivity contribution in [3.05, 3.63) is 66.5 Å². The molecule has 122 valence electrons. The lowest BCUT2D eigenvalue weighted by Gasteiger charge is -2.06. The number of rotatable bonds is 7. The number of hydrogen-bond acceptors (Lipinski definition) is 4. The average Bonchev–Trinajstić information content (AvgIpc) is 2.61. The van der Waals surface area contributed by atoms with Gasteiger partial charge in [-0.1, -0.05) is 18.2 Å². The second kappa shape index (κ2) is 7.52. The quantitative estimate of drug-likeness (QED) is 0.530. The summed E-state index contributed by atoms with van der Waals surface area (Å²) in [7, 11) is 0. The van der Waals surface area contributed by atoms with Crippen molar-refractivity contribution < 1.29 is 18.8 Å². The van der Waals surface area contributed by atoms with Gasteiger partial charge in [0.05, 0.1) is 12.1 Å². The third-order valence-electron chi connectivity index (χ3n) is 3.43. The van der Waals surface area contributed by atoms with Gasteiger partial charge in [0.1, 0.15) is 12.2 Å². The third kappa shape index (κ3) is 4.05. The van der Waals surface area contributed by atoms with Crippen molar-refractivity contribution >= 4 is 16.8 Å². The van der Waals surface area contributed by atoms with E-state index in [2.05, 4.69) is 4.98 Å². The van der Waals surface area contributed by atoms with Crippen molar-refractivity contribution in [3.8, 4) is 5.88 Å². The molecule has 0 spiro atoms. The van der Waals surface area contributed by atoms with Gasteiger partial charge in [0.25, 0.3) is 12.6 Å². The fraction of sp³-hybridized carbons (Fsp3) is 0.167. The SMILES string of the molecule is NC(=O)c1ccc[n+](COCCOc2ccc3ccccc3n2)c1. The molecule has 2 heterocycles. The number of fused-ring (bicyclic) bond motifs is 1. The zero-order valence-electron chi connectivity index (χ0n) is 13.1. The maximum atomic E-state index is 11.1. The first-order chi connectivity index (χ1) is 11.7. The van der Waals surface area contributed by atoms with Crippen LogP contribution in [0.5, 0.6) is 5.88 Å². The molecule has 0 atom stereocenters. The van der Waals surface area contributed by atoms with Gasteiger partial charge in [-0.2, -0.15) is 4.57 Å². The molecule has 1 amide bonds. The highest BCUT2D eigenvalue weighted by Crippen LogP contribution is 2.15. The molecule has 1 aromatic carbocycles. The van der Waals surface area contributed by atoms with Crippen LogP contribution in [0.15, 0.2) is 60.9 Å². The van der Waals surface area contributed by atoms with E-state index in [1.807, 2.05) is 36.4 Å². The Balaban J connectivity index is 1.46. The largest absolute Gasteiger partial charge is 0.475 e. The molecule has 0 aliphatic rings. The van der Waals surface area contributed by atoms with Crippen molar-refractivity contribution in [2.45, 2.75) is 6.73 Å². The second-order valence-corrected chi connectivity index (χ2v) is 5.20. The molecule has 6 nitrogen and oxygen atoms in total. The lowest BCUT2D eigenvalue weighted by molar-refractivity contribution is -0.732. The van der Waals surface area contributed by atoms with Gasteiger partial charge in [-0.3, -0.25) is 4.79 Å². The molecule has 0 saturated heterocycles. The molecule has 0 radical (unpaired) electrons. The van der Waals surface area contributed by atoms with Gasteiger partial charge in [-0.05, 0) is 18.2 Å². The predicted octanol–water partition coefficient (Wildman–Crippen LogP) is 1.67. The number of pyridine rings is 2. The first-order valence-corrected chi connectivity index (χ1v) is 7.57. The molecule has 0 fully saturated rings. The Morgan fingerprint density at radius 3 is 2.83 bits per heavy atom. The maximum Gasteiger partial charge on any atom is 0.254 e. The van der Waals surface area contributed by atoms with Gasteiger partial charge >= 0.3 is 0 Å². The summed E-state index contributed by atoms with van der Waals surface area (Å²) >= 11 is 0. The Kier molecular flexibility index (Phi) is 4.98. The van der Waals surface area contributed by atoms with Gasteiger partial charge in [0.15, 0.2) is 12.4 Å². The number of carbonyl (C=O) groups is 1. The first kappa shape index (κ1) is 15.9. The van der Waals surface area contributed by atoms with E-state index >= 15 is 0 Å². The molecule has 2 N–H and O–H groups in total. The Labute approximate surface area is 139 Å². The lowest BCUT2D eigenvalue weighted by Crippen LogP contribution is -2.36. The Hall–Kier alpha value is -2.99. The Morgan fingerprint density at radius 1 is 1.08 bits per heavy atom. The summed E-state index contributed by atoms with van der Waals surface area (Å²) in [5.74, 6) is 0.107. The molecular weight excluding hydrogens is 306 g/mol. The summed E-state index contributed by atoms with van der Waals surface area (Å²) in [6.45, 7) is 1.11. The zero-order chi connectivity index (χ0) is 16.8. The molecule has 0 unspecified atom stereocenters. The number of para-hydroxylation sites is 1. The van der Waals surface area contributed by atoms with Crippen LogP contribution < -0.4 is 15.0 Å². The maximum absolute atomic E-state index is 11.1. The van der Waals surface area contributed by atoms with E-state index in [1.54, 1.807) is 29.1 Å². The number of nitrogens with zero attached hydrogens (tertiary/aromatic N) is 2. The van der Waals surface area contributed by atoms with Gasteiger partial charge < -0.3 is 15.2 Å². The number of amides is 1. The molecule has 0 aliphatic carbocycles. The number of carbonyl (C=O) groups excluding carboxylic acids is 1. The van der Waals surface area contributed by atoms with Crippen LogP contribution in [-0.2, 0) is 11.5 Å². The van der Waals surface area contributed by atoms with Crippen molar-refractivity contribution in [1.82, 2.24) is 4.98 Å². The first-order valence-electron chi connectivity index (χ1n) is 7.57. The topological polar surface area (TPSA) is 78.3 Å². The number of primary amides is 1. The standard InChI is InChI=1S/C18H17N3O3/c19-18(22)15-5-3-9-21(12-15)13-23-10-11-24-17-8-7-14-4-1-2-6-16(14)20-17/h1-9,12H,10-11,13H2,(H-,19,22)/p+1. The molecule has 0 aliphatic heterocycles. The van der Waals surface area contributed by atoms with Crippen LogP contribution in [0.25, 0.3) is 10.9 Å². The monoisotopic (exact) mass is 324 g/mol. The number of benzene rings is 1. The van der Waals surface area contributed by atoms with E-state index in [0.29, 0.717) is 31.4 Å². The normalized spacial score (nSPS) is 10.7. The van der Waals surface area contributed by atoms with Gasteiger partial charge in [0, 0.05) is 17.5 Å². The van der Waals surface area contributed by atoms with E-state index in [1.165, 1.54) is 0 Å². The molecule has 6 heteroatoms. The van der Waals surface area contributed by atoms with Crippen LogP contribution in [0.2, 0.25) is 0 Å². The summed E-state index contributed by atoms with van der Waals surface area (Å²) in [5, 5.41) is 1.08. The molecule has 2 aromatic heterocycles. The third-order valence-corrected chi connectivity index (χ3v) is 3.43. The number of aromatic nitrogens is 2. The fourth-order valence-electron chi connectivity index (χ4n) is 2.25. The summed E-state index contributed by atoms with van der Waals surface area (Å²) in [6, 6.07) is 15.1. The van der Waals surface area contributed by atoms with Crippen molar-refractivity contribution in [1.29, 1.82) is 0 Å². The van der Waals surface area contributed by atoms with Crippen molar-refractivity contribution in [2.75, 3.05) is 13.2 Å². The molecular formula is C18H18N3O3+. The summed E-state index contributed by atoms with van der Waals surface area (Å²) in [5.41, 5.74) is 6.58. The van der Waals surface area contributed by atoms with Crippen LogP contribution in [0.1, 0.15) is 10.4 Å². The zero-order valence-corrected chi connectivity index (χ0v) is 13.1. The molecule has 0 bridgehead atoms. The lowest BCUT2D eigenvalue weighted by atomic mass is 10.2. The summed E-state index contributed by atoms with van der Waals surface area (Å²) in [6.07, 6.45) is 3.45. The second-order valence-electron chi connectivity index (χ2n) is 5.20. The highest BCUT2D eigenvalue weighted by molar-refractivity contribution is 5.92. The van der Waals surface area contributed by atoms with Crippen LogP contribution in [0.3, 0.4) is 0 Å². The molecule has 3 rings (SSSR count). The van der Waals surface area contributed by atoms with Gasteiger partial charge in [-0.15, -0.1) is 0 Å². The van der Waals surface area contributed by atoms with E-state index in [0.717, 1.165) is 10.9 Å². The van der Waals surface area contributed by atoms with Gasteiger partial charge in [-0.25, -0.2) is 4.98 Å². The minimum absolute atomic E-state index is 0.315. The number of nitrogens with two attached hydrogens (primary N) is 1. The van der Waals surface area contributed by atoms with Gasteiger partial charge in [0.2, 0.25) is 5.88 Å². The Bertz CT molecular complexity index is 852. The molecule has 24 heavy (non-hydrogen) atoms. The minimum Gasteiger partial charge on any atom is -0.475 e. The van der Waals surface area contributed by atoms with Crippen LogP contribution in [0, 0.1) is 0 Å². The minimum atomic E-state index is -0.463. The van der Waals surface area contributed by atoms with E-state index in [9.17, 15) is 4.79 Å². The smallest absolute Gasteiger partial charge is 0.254 e. The Morgan fingerprint density at radius 2 is 1.96 bits per heavy atom. The van der Waals surface area contributed by atoms with Crippen LogP contribution >= 0.6 is 0 Å². The fourth-order valence-corrected chi connectivity index (χ4v) is 2.25. The molecule has 3 aromatic rings. The van der Waals surface area contributed by atoms with E-state index < -0.39 is 5.91 Å². The van der Waals surface area contributed by atoms with Crippen LogP contribution in [0.4, 0.5) is 0 Å². The summed E-state index contributed by atoms with van der Waals surface area (Å²) < 4.78 is 12.9. The van der Waals surface area contributed by atoms with Crippen molar-refractivity contribution in [3.63, 3.8) is 0 Å². The highest BCUT2D eigenvalue weighted by atomic mass is 16.5. The number of ether oxygens (including phenoxy) is 2. The highest BCUT2D eigenvalue weighted by Gasteiger charge is 2.07. The van der Waals surface area contributed by atoms with E-state index in [-0.39, 0.29) is 0 Å². The van der Waals surface area contributed by atoms with E-state index in [4.69, 9.17) is 15.2 Å². The summed E-state index contributed by atoms with van der Waals surface area (Å²) in [4.78, 5) is 15.5. The van der Waals surface area contributed by atoms with Crippen molar-refractivity contribution in [2.24, 2.45) is 5.73 Å². The molecule has 0 saturated carbocycles. The van der Waals surface area contributed by atoms with Crippen LogP contribution in [-0.4, -0.2) is 24.1 Å². The number of hydrogen-bond donors (Lipinski definition) is 1.